The maximum absolute atomic E-state index is 10.8. The molecule has 6 nitrogen and oxygen atoms in total. The first-order valence-electron chi connectivity index (χ1n) is 6.84. The molecule has 0 aliphatic heterocycles. The van der Waals surface area contributed by atoms with E-state index in [1.807, 2.05) is 6.07 Å². The first kappa shape index (κ1) is 15.5. The van der Waals surface area contributed by atoms with Crippen molar-refractivity contribution in [3.63, 3.8) is 0 Å². The maximum atomic E-state index is 10.8. The summed E-state index contributed by atoms with van der Waals surface area (Å²) in [7, 11) is 0. The molecule has 0 radical (unpaired) electrons. The molecule has 1 N–H and O–H groups in total. The minimum atomic E-state index is -0.402. The lowest BCUT2D eigenvalue weighted by Crippen LogP contribution is -2.22. The van der Waals surface area contributed by atoms with Crippen LogP contribution < -0.4 is 5.32 Å². The van der Waals surface area contributed by atoms with Gasteiger partial charge in [0.05, 0.1) is 4.92 Å². The van der Waals surface area contributed by atoms with Crippen molar-refractivity contribution in [2.75, 3.05) is 13.1 Å². The number of hydrogen-bond donors (Lipinski definition) is 1. The van der Waals surface area contributed by atoms with Crippen LogP contribution in [-0.4, -0.2) is 28.2 Å². The summed E-state index contributed by atoms with van der Waals surface area (Å²) in [5, 5.41) is 24.1. The van der Waals surface area contributed by atoms with Crippen molar-refractivity contribution < 1.29 is 4.92 Å². The average molecular weight is 306 g/mol. The molecule has 0 aliphatic rings. The van der Waals surface area contributed by atoms with Crippen LogP contribution in [0.5, 0.6) is 0 Å². The van der Waals surface area contributed by atoms with Crippen LogP contribution >= 0.6 is 11.3 Å². The third-order valence-corrected chi connectivity index (χ3v) is 3.87. The molecule has 0 fully saturated rings. The zero-order valence-electron chi connectivity index (χ0n) is 12.1. The number of nitro benzene ring substituents is 1. The molecule has 1 aromatic heterocycles. The lowest BCUT2D eigenvalue weighted by molar-refractivity contribution is -0.384. The highest BCUT2D eigenvalue weighted by molar-refractivity contribution is 7.14. The molecule has 2 aromatic rings. The summed E-state index contributed by atoms with van der Waals surface area (Å²) < 4.78 is 0. The van der Waals surface area contributed by atoms with Crippen LogP contribution in [0.15, 0.2) is 24.3 Å². The van der Waals surface area contributed by atoms with Gasteiger partial charge in [-0.05, 0) is 12.5 Å². The van der Waals surface area contributed by atoms with Crippen molar-refractivity contribution in [3.05, 3.63) is 39.4 Å². The predicted octanol–water partition coefficient (Wildman–Crippen LogP) is 2.90. The summed E-state index contributed by atoms with van der Waals surface area (Å²) in [5.41, 5.74) is 0.811. The number of aromatic nitrogens is 2. The van der Waals surface area contributed by atoms with Crippen molar-refractivity contribution in [1.82, 2.24) is 15.5 Å². The van der Waals surface area contributed by atoms with Crippen molar-refractivity contribution in [2.24, 2.45) is 5.92 Å². The third-order valence-electron chi connectivity index (χ3n) is 2.84. The first-order chi connectivity index (χ1) is 10.1. The third kappa shape index (κ3) is 4.57. The van der Waals surface area contributed by atoms with Gasteiger partial charge >= 0.3 is 0 Å². The Hall–Kier alpha value is -1.86. The lowest BCUT2D eigenvalue weighted by atomic mass is 10.2. The van der Waals surface area contributed by atoms with Gasteiger partial charge < -0.3 is 5.32 Å². The SMILES string of the molecule is CC(C)CNCCc1nnc(-c2cccc([N+](=O)[O-])c2)s1. The van der Waals surface area contributed by atoms with Gasteiger partial charge in [-0.3, -0.25) is 10.1 Å². The summed E-state index contributed by atoms with van der Waals surface area (Å²) in [6.07, 6.45) is 0.819. The topological polar surface area (TPSA) is 81.0 Å². The Morgan fingerprint density at radius 2 is 2.19 bits per heavy atom. The number of non-ortho nitro benzene ring substituents is 1. The second-order valence-electron chi connectivity index (χ2n) is 5.16. The van der Waals surface area contributed by atoms with E-state index in [1.54, 1.807) is 6.07 Å². The van der Waals surface area contributed by atoms with Gasteiger partial charge in [-0.15, -0.1) is 10.2 Å². The van der Waals surface area contributed by atoms with Gasteiger partial charge in [0.2, 0.25) is 0 Å². The number of nitro groups is 1. The Bertz CT molecular complexity index is 613. The summed E-state index contributed by atoms with van der Waals surface area (Å²) in [5.74, 6) is 0.625. The van der Waals surface area contributed by atoms with Crippen molar-refractivity contribution in [3.8, 4) is 10.6 Å². The minimum Gasteiger partial charge on any atom is -0.316 e. The van der Waals surface area contributed by atoms with Crippen molar-refractivity contribution >= 4 is 17.0 Å². The van der Waals surface area contributed by atoms with Gasteiger partial charge in [0.25, 0.3) is 5.69 Å². The average Bonchev–Trinajstić information content (AvgIpc) is 2.92. The molecule has 0 unspecified atom stereocenters. The minimum absolute atomic E-state index is 0.0721. The van der Waals surface area contributed by atoms with E-state index < -0.39 is 4.92 Å². The molecule has 112 valence electrons. The molecule has 7 heteroatoms. The number of nitrogens with one attached hydrogen (secondary N) is 1. The van der Waals surface area contributed by atoms with E-state index in [-0.39, 0.29) is 5.69 Å². The molecule has 0 saturated heterocycles. The van der Waals surface area contributed by atoms with E-state index in [9.17, 15) is 10.1 Å². The summed E-state index contributed by atoms with van der Waals surface area (Å²) in [6.45, 7) is 6.18. The van der Waals surface area contributed by atoms with E-state index in [1.165, 1.54) is 23.5 Å². The molecule has 0 atom stereocenters. The van der Waals surface area contributed by atoms with E-state index >= 15 is 0 Å². The zero-order valence-corrected chi connectivity index (χ0v) is 12.9. The number of hydrogen-bond acceptors (Lipinski definition) is 6. The van der Waals surface area contributed by atoms with E-state index in [0.29, 0.717) is 5.92 Å². The molecule has 2 rings (SSSR count). The van der Waals surface area contributed by atoms with Crippen LogP contribution in [0.25, 0.3) is 10.6 Å². The summed E-state index contributed by atoms with van der Waals surface area (Å²) in [4.78, 5) is 10.4. The normalized spacial score (nSPS) is 11.0. The van der Waals surface area contributed by atoms with Crippen LogP contribution in [0.2, 0.25) is 0 Å². The molecular formula is C14H18N4O2S. The highest BCUT2D eigenvalue weighted by Crippen LogP contribution is 2.26. The van der Waals surface area contributed by atoms with Gasteiger partial charge in [0.1, 0.15) is 10.0 Å². The second-order valence-corrected chi connectivity index (χ2v) is 6.22. The highest BCUT2D eigenvalue weighted by Gasteiger charge is 2.11. The van der Waals surface area contributed by atoms with Gasteiger partial charge in [0, 0.05) is 30.7 Å². The van der Waals surface area contributed by atoms with Gasteiger partial charge in [-0.25, -0.2) is 0 Å². The molecule has 1 heterocycles. The summed E-state index contributed by atoms with van der Waals surface area (Å²) in [6, 6.07) is 6.48. The van der Waals surface area contributed by atoms with Crippen LogP contribution in [-0.2, 0) is 6.42 Å². The standard InChI is InChI=1S/C14H18N4O2S/c1-10(2)9-15-7-6-13-16-17-14(21-13)11-4-3-5-12(8-11)18(19)20/h3-5,8,10,15H,6-7,9H2,1-2H3. The van der Waals surface area contributed by atoms with E-state index in [2.05, 4.69) is 29.4 Å². The Labute approximate surface area is 127 Å². The fourth-order valence-electron chi connectivity index (χ4n) is 1.81. The molecule has 0 amide bonds. The Kier molecular flexibility index (Phi) is 5.35. The van der Waals surface area contributed by atoms with Crippen molar-refractivity contribution in [2.45, 2.75) is 20.3 Å². The molecule has 0 spiro atoms. The molecule has 0 aliphatic carbocycles. The van der Waals surface area contributed by atoms with Crippen molar-refractivity contribution in [1.29, 1.82) is 0 Å². The zero-order chi connectivity index (χ0) is 15.2. The molecule has 0 bridgehead atoms. The largest absolute Gasteiger partial charge is 0.316 e. The maximum Gasteiger partial charge on any atom is 0.270 e. The van der Waals surface area contributed by atoms with Crippen LogP contribution in [0.4, 0.5) is 5.69 Å². The first-order valence-corrected chi connectivity index (χ1v) is 7.66. The fourth-order valence-corrected chi connectivity index (χ4v) is 2.65. The van der Waals surface area contributed by atoms with E-state index in [4.69, 9.17) is 0 Å². The summed E-state index contributed by atoms with van der Waals surface area (Å²) >= 11 is 1.48. The molecule has 1 aromatic carbocycles. The number of rotatable bonds is 7. The van der Waals surface area contributed by atoms with Crippen LogP contribution in [0, 0.1) is 16.0 Å². The Morgan fingerprint density at radius 1 is 1.38 bits per heavy atom. The number of nitrogens with zero attached hydrogens (tertiary/aromatic N) is 3. The van der Waals surface area contributed by atoms with E-state index in [0.717, 1.165) is 35.1 Å². The van der Waals surface area contributed by atoms with Crippen LogP contribution in [0.1, 0.15) is 18.9 Å². The number of benzene rings is 1. The predicted molar refractivity (Wildman–Crippen MR) is 83.4 cm³/mol. The van der Waals surface area contributed by atoms with Gasteiger partial charge in [-0.2, -0.15) is 0 Å². The highest BCUT2D eigenvalue weighted by atomic mass is 32.1. The monoisotopic (exact) mass is 306 g/mol. The molecular weight excluding hydrogens is 288 g/mol. The fraction of sp³-hybridized carbons (Fsp3) is 0.429. The quantitative estimate of drug-likeness (QED) is 0.483. The molecule has 21 heavy (non-hydrogen) atoms. The lowest BCUT2D eigenvalue weighted by Gasteiger charge is -2.05. The smallest absolute Gasteiger partial charge is 0.270 e. The Balaban J connectivity index is 1.99. The molecule has 0 saturated carbocycles. The van der Waals surface area contributed by atoms with Crippen LogP contribution in [0.3, 0.4) is 0 Å². The van der Waals surface area contributed by atoms with Gasteiger partial charge in [-0.1, -0.05) is 37.3 Å². The Morgan fingerprint density at radius 3 is 2.90 bits per heavy atom. The van der Waals surface area contributed by atoms with Gasteiger partial charge in [0.15, 0.2) is 0 Å². The second kappa shape index (κ2) is 7.24.